The molecule has 0 saturated carbocycles. The largest absolute Gasteiger partial charge is 0.351 e. The van der Waals surface area contributed by atoms with Gasteiger partial charge >= 0.3 is 0 Å². The molecule has 2 N–H and O–H groups in total. The van der Waals surface area contributed by atoms with Crippen LogP contribution in [0.25, 0.3) is 0 Å². The summed E-state index contributed by atoms with van der Waals surface area (Å²) in [5.41, 5.74) is 0. The fraction of sp³-hybridized carbons (Fsp3) is 0.625. The van der Waals surface area contributed by atoms with Crippen LogP contribution in [0.3, 0.4) is 0 Å². The Kier molecular flexibility index (Phi) is 3.46. The molecule has 1 amide bonds. The maximum Gasteiger partial charge on any atom is 0.242 e. The van der Waals surface area contributed by atoms with E-state index in [4.69, 9.17) is 0 Å². The lowest BCUT2D eigenvalue weighted by atomic mass is 10.3. The van der Waals surface area contributed by atoms with Gasteiger partial charge in [-0.1, -0.05) is 0 Å². The van der Waals surface area contributed by atoms with E-state index in [1.165, 1.54) is 17.9 Å². The van der Waals surface area contributed by atoms with E-state index < -0.39 is 0 Å². The summed E-state index contributed by atoms with van der Waals surface area (Å²) in [5.74, 6) is 0.117. The standard InChI is InChI=1S/C8H13N5OS/c14-7(13-3-1-9-2-4-13)5-10-8-11-6-12-15-8/h6,9H,1-5H2,(H,10,11,12). The molecule has 1 aliphatic heterocycles. The number of carbonyl (C=O) groups excluding carboxylic acids is 1. The molecule has 82 valence electrons. The Bertz CT molecular complexity index is 309. The van der Waals surface area contributed by atoms with Crippen LogP contribution in [0.2, 0.25) is 0 Å². The van der Waals surface area contributed by atoms with E-state index in [2.05, 4.69) is 20.0 Å². The predicted octanol–water partition coefficient (Wildman–Crippen LogP) is -0.618. The van der Waals surface area contributed by atoms with Crippen LogP contribution in [0.4, 0.5) is 5.13 Å². The summed E-state index contributed by atoms with van der Waals surface area (Å²) >= 11 is 1.26. The zero-order valence-corrected chi connectivity index (χ0v) is 9.09. The van der Waals surface area contributed by atoms with Gasteiger partial charge < -0.3 is 15.5 Å². The molecule has 0 bridgehead atoms. The van der Waals surface area contributed by atoms with Gasteiger partial charge in [0.05, 0.1) is 6.54 Å². The van der Waals surface area contributed by atoms with Crippen LogP contribution in [0, 0.1) is 0 Å². The molecule has 0 spiro atoms. The van der Waals surface area contributed by atoms with Gasteiger partial charge in [0.25, 0.3) is 0 Å². The normalized spacial score (nSPS) is 16.4. The molecule has 0 atom stereocenters. The van der Waals surface area contributed by atoms with Crippen molar-refractivity contribution in [3.8, 4) is 0 Å². The molecule has 0 radical (unpaired) electrons. The summed E-state index contributed by atoms with van der Waals surface area (Å²) in [7, 11) is 0. The van der Waals surface area contributed by atoms with E-state index in [0.29, 0.717) is 11.7 Å². The van der Waals surface area contributed by atoms with Gasteiger partial charge in [-0.25, -0.2) is 4.98 Å². The number of anilines is 1. The smallest absolute Gasteiger partial charge is 0.242 e. The monoisotopic (exact) mass is 227 g/mol. The van der Waals surface area contributed by atoms with Crippen molar-refractivity contribution in [3.63, 3.8) is 0 Å². The van der Waals surface area contributed by atoms with Crippen molar-refractivity contribution >= 4 is 22.6 Å². The Labute approximate surface area is 91.9 Å². The number of nitrogens with zero attached hydrogens (tertiary/aromatic N) is 3. The summed E-state index contributed by atoms with van der Waals surface area (Å²) in [4.78, 5) is 17.5. The van der Waals surface area contributed by atoms with Gasteiger partial charge in [-0.15, -0.1) is 0 Å². The molecule has 1 fully saturated rings. The van der Waals surface area contributed by atoms with Gasteiger partial charge in [0.1, 0.15) is 6.33 Å². The number of carbonyl (C=O) groups is 1. The molecule has 1 aromatic rings. The van der Waals surface area contributed by atoms with Crippen LogP contribution < -0.4 is 10.6 Å². The number of hydrogen-bond acceptors (Lipinski definition) is 6. The first-order chi connectivity index (χ1) is 7.36. The Morgan fingerprint density at radius 2 is 2.40 bits per heavy atom. The lowest BCUT2D eigenvalue weighted by Crippen LogP contribution is -2.48. The number of nitrogens with one attached hydrogen (secondary N) is 2. The topological polar surface area (TPSA) is 70.2 Å². The van der Waals surface area contributed by atoms with Crippen LogP contribution >= 0.6 is 11.5 Å². The molecule has 1 aromatic heterocycles. The molecule has 1 aliphatic rings. The molecule has 0 unspecified atom stereocenters. The lowest BCUT2D eigenvalue weighted by molar-refractivity contribution is -0.129. The summed E-state index contributed by atoms with van der Waals surface area (Å²) in [6, 6.07) is 0. The second-order valence-electron chi connectivity index (χ2n) is 3.23. The van der Waals surface area contributed by atoms with Gasteiger partial charge in [-0.2, -0.15) is 4.37 Å². The lowest BCUT2D eigenvalue weighted by Gasteiger charge is -2.27. The molecule has 7 heteroatoms. The van der Waals surface area contributed by atoms with Crippen LogP contribution in [-0.4, -0.2) is 52.9 Å². The number of hydrogen-bond donors (Lipinski definition) is 2. The van der Waals surface area contributed by atoms with Crippen molar-refractivity contribution in [1.29, 1.82) is 0 Å². The molecule has 6 nitrogen and oxygen atoms in total. The first-order valence-corrected chi connectivity index (χ1v) is 5.62. The van der Waals surface area contributed by atoms with Gasteiger partial charge in [-0.3, -0.25) is 4.79 Å². The van der Waals surface area contributed by atoms with Gasteiger partial charge in [0.15, 0.2) is 0 Å². The summed E-state index contributed by atoms with van der Waals surface area (Å²) in [6.07, 6.45) is 1.47. The Balaban J connectivity index is 1.76. The van der Waals surface area contributed by atoms with Crippen LogP contribution in [0.5, 0.6) is 0 Å². The Morgan fingerprint density at radius 1 is 1.60 bits per heavy atom. The highest BCUT2D eigenvalue weighted by atomic mass is 32.1. The van der Waals surface area contributed by atoms with E-state index in [1.807, 2.05) is 4.90 Å². The van der Waals surface area contributed by atoms with E-state index in [0.717, 1.165) is 26.2 Å². The third kappa shape index (κ3) is 2.87. The van der Waals surface area contributed by atoms with E-state index in [1.54, 1.807) is 0 Å². The van der Waals surface area contributed by atoms with Gasteiger partial charge in [-0.05, 0) is 0 Å². The fourth-order valence-electron chi connectivity index (χ4n) is 1.43. The third-order valence-corrected chi connectivity index (χ3v) is 2.84. The second kappa shape index (κ2) is 5.04. The Hall–Kier alpha value is -1.21. The minimum Gasteiger partial charge on any atom is -0.351 e. The predicted molar refractivity (Wildman–Crippen MR) is 57.8 cm³/mol. The number of rotatable bonds is 3. The molecule has 2 heterocycles. The molecule has 2 rings (SSSR count). The molecular weight excluding hydrogens is 214 g/mol. The molecule has 1 saturated heterocycles. The SMILES string of the molecule is O=C(CNc1ncns1)N1CCNCC1. The van der Waals surface area contributed by atoms with Crippen molar-refractivity contribution < 1.29 is 4.79 Å². The summed E-state index contributed by atoms with van der Waals surface area (Å²) in [6.45, 7) is 3.64. The van der Waals surface area contributed by atoms with E-state index in [9.17, 15) is 4.79 Å². The molecule has 15 heavy (non-hydrogen) atoms. The number of piperazine rings is 1. The maximum absolute atomic E-state index is 11.7. The minimum atomic E-state index is 0.117. The summed E-state index contributed by atoms with van der Waals surface area (Å²) in [5, 5.41) is 6.85. The van der Waals surface area contributed by atoms with Crippen LogP contribution in [-0.2, 0) is 4.79 Å². The summed E-state index contributed by atoms with van der Waals surface area (Å²) < 4.78 is 3.85. The van der Waals surface area contributed by atoms with Crippen molar-refractivity contribution in [3.05, 3.63) is 6.33 Å². The highest BCUT2D eigenvalue weighted by molar-refractivity contribution is 7.09. The molecular formula is C8H13N5OS. The van der Waals surface area contributed by atoms with Crippen molar-refractivity contribution in [2.24, 2.45) is 0 Å². The highest BCUT2D eigenvalue weighted by Crippen LogP contribution is 2.05. The first-order valence-electron chi connectivity index (χ1n) is 4.85. The molecule has 0 aromatic carbocycles. The van der Waals surface area contributed by atoms with Crippen LogP contribution in [0.15, 0.2) is 6.33 Å². The van der Waals surface area contributed by atoms with E-state index in [-0.39, 0.29) is 5.91 Å². The van der Waals surface area contributed by atoms with E-state index >= 15 is 0 Å². The zero-order valence-electron chi connectivity index (χ0n) is 8.27. The quantitative estimate of drug-likeness (QED) is 0.720. The van der Waals surface area contributed by atoms with Crippen molar-refractivity contribution in [2.75, 3.05) is 38.0 Å². The highest BCUT2D eigenvalue weighted by Gasteiger charge is 2.15. The number of amides is 1. The minimum absolute atomic E-state index is 0.117. The third-order valence-electron chi connectivity index (χ3n) is 2.22. The van der Waals surface area contributed by atoms with Gasteiger partial charge in [0, 0.05) is 37.7 Å². The first kappa shape index (κ1) is 10.3. The zero-order chi connectivity index (χ0) is 10.5. The van der Waals surface area contributed by atoms with Crippen molar-refractivity contribution in [2.45, 2.75) is 0 Å². The molecule has 0 aliphatic carbocycles. The average molecular weight is 227 g/mol. The van der Waals surface area contributed by atoms with Crippen LogP contribution in [0.1, 0.15) is 0 Å². The second-order valence-corrected chi connectivity index (χ2v) is 4.01. The van der Waals surface area contributed by atoms with Crippen molar-refractivity contribution in [1.82, 2.24) is 19.6 Å². The number of aromatic nitrogens is 2. The maximum atomic E-state index is 11.7. The fourth-order valence-corrected chi connectivity index (χ4v) is 1.85. The van der Waals surface area contributed by atoms with Gasteiger partial charge in [0.2, 0.25) is 11.0 Å². The average Bonchev–Trinajstić information content (AvgIpc) is 2.80. The Morgan fingerprint density at radius 3 is 3.07 bits per heavy atom.